The zero-order chi connectivity index (χ0) is 13.5. The molecule has 0 saturated carbocycles. The first-order chi connectivity index (χ1) is 8.56. The average Bonchev–Trinajstić information content (AvgIpc) is 2.33. The summed E-state index contributed by atoms with van der Waals surface area (Å²) in [5, 5.41) is 1.00. The molecule has 0 unspecified atom stereocenters. The normalized spacial score (nSPS) is 10.4. The van der Waals surface area contributed by atoms with E-state index in [2.05, 4.69) is 15.9 Å². The summed E-state index contributed by atoms with van der Waals surface area (Å²) in [6.07, 6.45) is 3.21. The minimum absolute atomic E-state index is 0.0433. The first-order valence-electron chi connectivity index (χ1n) is 5.82. The van der Waals surface area contributed by atoms with Crippen molar-refractivity contribution in [3.63, 3.8) is 0 Å². The SMILES string of the molecule is CN(CCCCCBr)C(=O)c1ccc(F)cc1I. The molecule has 0 aliphatic heterocycles. The molecule has 0 aliphatic carbocycles. The number of alkyl halides is 1. The van der Waals surface area contributed by atoms with Crippen molar-refractivity contribution >= 4 is 44.4 Å². The van der Waals surface area contributed by atoms with Gasteiger partial charge in [0, 0.05) is 22.5 Å². The lowest BCUT2D eigenvalue weighted by Crippen LogP contribution is -2.28. The van der Waals surface area contributed by atoms with E-state index in [1.54, 1.807) is 18.0 Å². The second kappa shape index (κ2) is 8.09. The van der Waals surface area contributed by atoms with Crippen molar-refractivity contribution in [1.82, 2.24) is 4.90 Å². The summed E-state index contributed by atoms with van der Waals surface area (Å²) in [5.41, 5.74) is 0.569. The molecule has 18 heavy (non-hydrogen) atoms. The first-order valence-corrected chi connectivity index (χ1v) is 8.02. The number of rotatable bonds is 6. The molecule has 0 saturated heterocycles. The Balaban J connectivity index is 2.57. The van der Waals surface area contributed by atoms with E-state index in [4.69, 9.17) is 0 Å². The Bertz CT molecular complexity index is 414. The zero-order valence-corrected chi connectivity index (χ0v) is 14.0. The Kier molecular flexibility index (Phi) is 7.14. The number of benzene rings is 1. The van der Waals surface area contributed by atoms with E-state index in [-0.39, 0.29) is 11.7 Å². The van der Waals surface area contributed by atoms with Crippen LogP contribution in [0, 0.1) is 9.39 Å². The van der Waals surface area contributed by atoms with Crippen molar-refractivity contribution in [2.45, 2.75) is 19.3 Å². The van der Waals surface area contributed by atoms with Crippen molar-refractivity contribution < 1.29 is 9.18 Å². The second-order valence-corrected chi connectivity index (χ2v) is 6.06. The quantitative estimate of drug-likeness (QED) is 0.380. The molecule has 100 valence electrons. The van der Waals surface area contributed by atoms with Gasteiger partial charge < -0.3 is 4.90 Å². The van der Waals surface area contributed by atoms with Gasteiger partial charge in [0.1, 0.15) is 5.82 Å². The van der Waals surface area contributed by atoms with Gasteiger partial charge in [0.05, 0.1) is 5.56 Å². The van der Waals surface area contributed by atoms with Gasteiger partial charge in [-0.25, -0.2) is 4.39 Å². The molecular weight excluding hydrogens is 412 g/mol. The van der Waals surface area contributed by atoms with Crippen LogP contribution in [0.25, 0.3) is 0 Å². The van der Waals surface area contributed by atoms with Crippen LogP contribution in [0.1, 0.15) is 29.6 Å². The van der Waals surface area contributed by atoms with Crippen LogP contribution >= 0.6 is 38.5 Å². The molecule has 2 nitrogen and oxygen atoms in total. The van der Waals surface area contributed by atoms with E-state index in [1.807, 2.05) is 22.6 Å². The summed E-state index contributed by atoms with van der Waals surface area (Å²) in [6, 6.07) is 4.26. The lowest BCUT2D eigenvalue weighted by Gasteiger charge is -2.17. The molecule has 1 aromatic rings. The molecular formula is C13H16BrFINO. The fraction of sp³-hybridized carbons (Fsp3) is 0.462. The van der Waals surface area contributed by atoms with Crippen molar-refractivity contribution in [3.8, 4) is 0 Å². The van der Waals surface area contributed by atoms with E-state index in [0.29, 0.717) is 9.13 Å². The van der Waals surface area contributed by atoms with Crippen LogP contribution in [0.2, 0.25) is 0 Å². The van der Waals surface area contributed by atoms with E-state index in [9.17, 15) is 9.18 Å². The van der Waals surface area contributed by atoms with E-state index >= 15 is 0 Å². The van der Waals surface area contributed by atoms with Gasteiger partial charge in [-0.2, -0.15) is 0 Å². The zero-order valence-electron chi connectivity index (χ0n) is 10.3. The number of nitrogens with zero attached hydrogens (tertiary/aromatic N) is 1. The maximum absolute atomic E-state index is 13.0. The number of amides is 1. The van der Waals surface area contributed by atoms with Crippen LogP contribution in [-0.2, 0) is 0 Å². The van der Waals surface area contributed by atoms with Crippen molar-refractivity contribution in [3.05, 3.63) is 33.1 Å². The molecule has 0 fully saturated rings. The van der Waals surface area contributed by atoms with Crippen molar-refractivity contribution in [2.24, 2.45) is 0 Å². The average molecular weight is 428 g/mol. The third-order valence-electron chi connectivity index (χ3n) is 2.64. The smallest absolute Gasteiger partial charge is 0.254 e. The molecule has 1 aromatic carbocycles. The predicted molar refractivity (Wildman–Crippen MR) is 83.7 cm³/mol. The lowest BCUT2D eigenvalue weighted by atomic mass is 10.2. The summed E-state index contributed by atoms with van der Waals surface area (Å²) in [7, 11) is 1.79. The highest BCUT2D eigenvalue weighted by atomic mass is 127. The molecule has 0 heterocycles. The number of carbonyl (C=O) groups excluding carboxylic acids is 1. The fourth-order valence-corrected chi connectivity index (χ4v) is 2.69. The van der Waals surface area contributed by atoms with E-state index in [1.165, 1.54) is 12.1 Å². The van der Waals surface area contributed by atoms with Crippen LogP contribution in [0.15, 0.2) is 18.2 Å². The van der Waals surface area contributed by atoms with Crippen LogP contribution in [0.4, 0.5) is 4.39 Å². The Labute approximate surface area is 129 Å². The Hall–Kier alpha value is -0.170. The summed E-state index contributed by atoms with van der Waals surface area (Å²) in [5.74, 6) is -0.353. The Morgan fingerprint density at radius 1 is 1.39 bits per heavy atom. The number of unbranched alkanes of at least 4 members (excludes halogenated alkanes) is 2. The number of hydrogen-bond acceptors (Lipinski definition) is 1. The van der Waals surface area contributed by atoms with Gasteiger partial charge >= 0.3 is 0 Å². The summed E-state index contributed by atoms with van der Waals surface area (Å²) in [6.45, 7) is 0.735. The van der Waals surface area contributed by atoms with E-state index in [0.717, 1.165) is 31.1 Å². The maximum Gasteiger partial charge on any atom is 0.254 e. The fourth-order valence-electron chi connectivity index (χ4n) is 1.59. The van der Waals surface area contributed by atoms with Gasteiger partial charge in [-0.05, 0) is 53.6 Å². The highest BCUT2D eigenvalue weighted by Gasteiger charge is 2.14. The highest BCUT2D eigenvalue weighted by molar-refractivity contribution is 14.1. The molecule has 0 N–H and O–H groups in total. The van der Waals surface area contributed by atoms with Gasteiger partial charge in [-0.15, -0.1) is 0 Å². The minimum Gasteiger partial charge on any atom is -0.342 e. The standard InChI is InChI=1S/C13H16BrFINO/c1-17(8-4-2-3-7-14)13(18)11-6-5-10(15)9-12(11)16/h5-6,9H,2-4,7-8H2,1H3. The van der Waals surface area contributed by atoms with Crippen molar-refractivity contribution in [2.75, 3.05) is 18.9 Å². The molecule has 0 aliphatic rings. The Morgan fingerprint density at radius 2 is 2.11 bits per heavy atom. The molecule has 0 atom stereocenters. The van der Waals surface area contributed by atoms with Gasteiger partial charge in [0.2, 0.25) is 0 Å². The summed E-state index contributed by atoms with van der Waals surface area (Å²) < 4.78 is 13.6. The monoisotopic (exact) mass is 427 g/mol. The van der Waals surface area contributed by atoms with Crippen LogP contribution in [-0.4, -0.2) is 29.7 Å². The summed E-state index contributed by atoms with van der Waals surface area (Å²) in [4.78, 5) is 13.8. The predicted octanol–water partition coefficient (Wildman–Crippen LogP) is 4.07. The van der Waals surface area contributed by atoms with Crippen LogP contribution in [0.5, 0.6) is 0 Å². The molecule has 0 aromatic heterocycles. The second-order valence-electron chi connectivity index (χ2n) is 4.10. The molecule has 1 amide bonds. The van der Waals surface area contributed by atoms with Gasteiger partial charge in [0.15, 0.2) is 0 Å². The number of carbonyl (C=O) groups is 1. The maximum atomic E-state index is 13.0. The van der Waals surface area contributed by atoms with Crippen molar-refractivity contribution in [1.29, 1.82) is 0 Å². The highest BCUT2D eigenvalue weighted by Crippen LogP contribution is 2.16. The molecule has 0 bridgehead atoms. The topological polar surface area (TPSA) is 20.3 Å². The molecule has 0 radical (unpaired) electrons. The van der Waals surface area contributed by atoms with Gasteiger partial charge in [-0.1, -0.05) is 22.4 Å². The van der Waals surface area contributed by atoms with Crippen LogP contribution in [0.3, 0.4) is 0 Å². The molecule has 1 rings (SSSR count). The third kappa shape index (κ3) is 4.84. The van der Waals surface area contributed by atoms with E-state index < -0.39 is 0 Å². The molecule has 5 heteroatoms. The Morgan fingerprint density at radius 3 is 2.72 bits per heavy atom. The molecule has 0 spiro atoms. The first kappa shape index (κ1) is 15.9. The largest absolute Gasteiger partial charge is 0.342 e. The minimum atomic E-state index is -0.309. The lowest BCUT2D eigenvalue weighted by molar-refractivity contribution is 0.0791. The number of halogens is 3. The van der Waals surface area contributed by atoms with Crippen LogP contribution < -0.4 is 0 Å². The summed E-state index contributed by atoms with van der Waals surface area (Å²) >= 11 is 5.37. The number of hydrogen-bond donors (Lipinski definition) is 0. The van der Waals surface area contributed by atoms with Gasteiger partial charge in [-0.3, -0.25) is 4.79 Å². The third-order valence-corrected chi connectivity index (χ3v) is 4.09. The van der Waals surface area contributed by atoms with Gasteiger partial charge in [0.25, 0.3) is 5.91 Å².